The highest BCUT2D eigenvalue weighted by molar-refractivity contribution is 4.76. The molecule has 0 heterocycles. The topological polar surface area (TPSA) is 12.0 Å². The minimum atomic E-state index is 0.629. The second-order valence-electron chi connectivity index (χ2n) is 6.02. The van der Waals surface area contributed by atoms with Crippen molar-refractivity contribution in [2.24, 2.45) is 17.8 Å². The van der Waals surface area contributed by atoms with Crippen molar-refractivity contribution in [1.82, 2.24) is 5.32 Å². The maximum absolute atomic E-state index is 3.77. The van der Waals surface area contributed by atoms with Gasteiger partial charge in [0.15, 0.2) is 0 Å². The summed E-state index contributed by atoms with van der Waals surface area (Å²) in [6.07, 6.45) is 2.65. The Kier molecular flexibility index (Phi) is 7.25. The minimum absolute atomic E-state index is 0.629. The van der Waals surface area contributed by atoms with Gasteiger partial charge in [-0.15, -0.1) is 0 Å². The summed E-state index contributed by atoms with van der Waals surface area (Å²) in [5, 5.41) is 3.77. The molecule has 0 saturated carbocycles. The van der Waals surface area contributed by atoms with Gasteiger partial charge in [0.05, 0.1) is 0 Å². The van der Waals surface area contributed by atoms with E-state index >= 15 is 0 Å². The average Bonchev–Trinajstić information content (AvgIpc) is 2.10. The van der Waals surface area contributed by atoms with Gasteiger partial charge in [-0.05, 0) is 37.5 Å². The first-order chi connectivity index (χ1) is 6.84. The molecule has 0 aromatic rings. The number of hydrogen-bond acceptors (Lipinski definition) is 1. The molecule has 0 amide bonds. The van der Waals surface area contributed by atoms with E-state index in [4.69, 9.17) is 0 Å². The van der Waals surface area contributed by atoms with E-state index in [0.29, 0.717) is 12.1 Å². The van der Waals surface area contributed by atoms with Crippen LogP contribution in [0, 0.1) is 17.8 Å². The largest absolute Gasteiger partial charge is 0.311 e. The van der Waals surface area contributed by atoms with Crippen molar-refractivity contribution in [2.45, 2.75) is 73.4 Å². The van der Waals surface area contributed by atoms with Crippen LogP contribution in [0.1, 0.15) is 61.3 Å². The predicted molar refractivity (Wildman–Crippen MR) is 70.1 cm³/mol. The third kappa shape index (κ3) is 6.94. The van der Waals surface area contributed by atoms with Crippen LogP contribution in [0.4, 0.5) is 0 Å². The molecule has 0 aliphatic heterocycles. The highest BCUT2D eigenvalue weighted by Gasteiger charge is 2.17. The molecule has 1 N–H and O–H groups in total. The second-order valence-corrected chi connectivity index (χ2v) is 6.02. The normalized spacial score (nSPS) is 16.4. The van der Waals surface area contributed by atoms with Crippen molar-refractivity contribution < 1.29 is 0 Å². The first-order valence-electron chi connectivity index (χ1n) is 6.60. The van der Waals surface area contributed by atoms with Gasteiger partial charge in [-0.2, -0.15) is 0 Å². The molecular formula is C14H31N. The second kappa shape index (κ2) is 7.27. The van der Waals surface area contributed by atoms with Gasteiger partial charge in [-0.1, -0.05) is 41.5 Å². The van der Waals surface area contributed by atoms with Crippen LogP contribution < -0.4 is 5.32 Å². The van der Waals surface area contributed by atoms with Crippen LogP contribution in [0.5, 0.6) is 0 Å². The Morgan fingerprint density at radius 1 is 0.733 bits per heavy atom. The first-order valence-corrected chi connectivity index (χ1v) is 6.60. The van der Waals surface area contributed by atoms with E-state index in [0.717, 1.165) is 17.8 Å². The molecule has 1 heteroatoms. The monoisotopic (exact) mass is 213 g/mol. The maximum Gasteiger partial charge on any atom is 0.00927 e. The summed E-state index contributed by atoms with van der Waals surface area (Å²) in [5.41, 5.74) is 0. The molecule has 92 valence electrons. The lowest BCUT2D eigenvalue weighted by molar-refractivity contribution is 0.292. The standard InChI is InChI=1S/C14H31N/c1-10(2)8-9-14(12(5)6)15-13(7)11(3)4/h10-15H,8-9H2,1-7H3. The highest BCUT2D eigenvalue weighted by Crippen LogP contribution is 2.15. The lowest BCUT2D eigenvalue weighted by atomic mass is 9.93. The molecular weight excluding hydrogens is 182 g/mol. The maximum atomic E-state index is 3.77. The molecule has 0 bridgehead atoms. The zero-order chi connectivity index (χ0) is 12.0. The molecule has 2 atom stereocenters. The molecule has 0 aliphatic carbocycles. The van der Waals surface area contributed by atoms with Crippen molar-refractivity contribution >= 4 is 0 Å². The first kappa shape index (κ1) is 15.0. The third-order valence-electron chi connectivity index (χ3n) is 3.34. The predicted octanol–water partition coefficient (Wildman–Crippen LogP) is 4.08. The fraction of sp³-hybridized carbons (Fsp3) is 1.00. The van der Waals surface area contributed by atoms with E-state index in [1.54, 1.807) is 0 Å². The quantitative estimate of drug-likeness (QED) is 0.672. The van der Waals surface area contributed by atoms with E-state index in [1.807, 2.05) is 0 Å². The fourth-order valence-corrected chi connectivity index (χ4v) is 1.65. The van der Waals surface area contributed by atoms with E-state index < -0.39 is 0 Å². The van der Waals surface area contributed by atoms with Gasteiger partial charge in [0.2, 0.25) is 0 Å². The Balaban J connectivity index is 4.04. The molecule has 0 aromatic heterocycles. The van der Waals surface area contributed by atoms with Crippen LogP contribution in [0.25, 0.3) is 0 Å². The summed E-state index contributed by atoms with van der Waals surface area (Å²) in [6, 6.07) is 1.31. The Labute approximate surface area is 97.0 Å². The molecule has 0 aromatic carbocycles. The van der Waals surface area contributed by atoms with Crippen molar-refractivity contribution in [3.63, 3.8) is 0 Å². The molecule has 0 aliphatic rings. The SMILES string of the molecule is CC(C)CCC(NC(C)C(C)C)C(C)C. The minimum Gasteiger partial charge on any atom is -0.311 e. The van der Waals surface area contributed by atoms with Crippen molar-refractivity contribution in [2.75, 3.05) is 0 Å². The van der Waals surface area contributed by atoms with Crippen LogP contribution in [-0.2, 0) is 0 Å². The van der Waals surface area contributed by atoms with Gasteiger partial charge in [0.25, 0.3) is 0 Å². The van der Waals surface area contributed by atoms with Gasteiger partial charge < -0.3 is 5.32 Å². The van der Waals surface area contributed by atoms with Crippen molar-refractivity contribution in [3.05, 3.63) is 0 Å². The Hall–Kier alpha value is -0.0400. The smallest absolute Gasteiger partial charge is 0.00927 e. The van der Waals surface area contributed by atoms with Gasteiger partial charge in [-0.3, -0.25) is 0 Å². The zero-order valence-electron chi connectivity index (χ0n) is 11.8. The molecule has 2 unspecified atom stereocenters. The summed E-state index contributed by atoms with van der Waals surface area (Å²) < 4.78 is 0. The molecule has 1 nitrogen and oxygen atoms in total. The van der Waals surface area contributed by atoms with Crippen LogP contribution in [-0.4, -0.2) is 12.1 Å². The van der Waals surface area contributed by atoms with Crippen molar-refractivity contribution in [3.8, 4) is 0 Å². The lowest BCUT2D eigenvalue weighted by Gasteiger charge is -2.29. The van der Waals surface area contributed by atoms with E-state index in [9.17, 15) is 0 Å². The third-order valence-corrected chi connectivity index (χ3v) is 3.34. The number of hydrogen-bond donors (Lipinski definition) is 1. The van der Waals surface area contributed by atoms with Gasteiger partial charge >= 0.3 is 0 Å². The number of rotatable bonds is 7. The Morgan fingerprint density at radius 3 is 1.60 bits per heavy atom. The molecule has 0 saturated heterocycles. The van der Waals surface area contributed by atoms with E-state index in [2.05, 4.69) is 53.8 Å². The van der Waals surface area contributed by atoms with Gasteiger partial charge in [0.1, 0.15) is 0 Å². The molecule has 0 spiro atoms. The van der Waals surface area contributed by atoms with Gasteiger partial charge in [0, 0.05) is 12.1 Å². The molecule has 15 heavy (non-hydrogen) atoms. The summed E-state index contributed by atoms with van der Waals surface area (Å²) >= 11 is 0. The van der Waals surface area contributed by atoms with Gasteiger partial charge in [-0.25, -0.2) is 0 Å². The molecule has 0 fully saturated rings. The number of nitrogens with one attached hydrogen (secondary N) is 1. The molecule has 0 rings (SSSR count). The fourth-order valence-electron chi connectivity index (χ4n) is 1.65. The Morgan fingerprint density at radius 2 is 1.27 bits per heavy atom. The van der Waals surface area contributed by atoms with Crippen molar-refractivity contribution in [1.29, 1.82) is 0 Å². The van der Waals surface area contributed by atoms with Crippen LogP contribution in [0.2, 0.25) is 0 Å². The van der Waals surface area contributed by atoms with E-state index in [-0.39, 0.29) is 0 Å². The zero-order valence-corrected chi connectivity index (χ0v) is 11.8. The summed E-state index contributed by atoms with van der Waals surface area (Å²) in [7, 11) is 0. The van der Waals surface area contributed by atoms with E-state index in [1.165, 1.54) is 12.8 Å². The summed E-state index contributed by atoms with van der Waals surface area (Å²) in [4.78, 5) is 0. The highest BCUT2D eigenvalue weighted by atomic mass is 15.0. The van der Waals surface area contributed by atoms with Crippen LogP contribution in [0.15, 0.2) is 0 Å². The molecule has 0 radical (unpaired) electrons. The summed E-state index contributed by atoms with van der Waals surface area (Å²) in [6.45, 7) is 16.1. The van der Waals surface area contributed by atoms with Crippen LogP contribution in [0.3, 0.4) is 0 Å². The lowest BCUT2D eigenvalue weighted by Crippen LogP contribution is -2.42. The average molecular weight is 213 g/mol. The Bertz CT molecular complexity index is 149. The summed E-state index contributed by atoms with van der Waals surface area (Å²) in [5.74, 6) is 2.29. The van der Waals surface area contributed by atoms with Crippen LogP contribution >= 0.6 is 0 Å².